The number of rotatable bonds is 8. The molecule has 2 aromatic heterocycles. The fourth-order valence-corrected chi connectivity index (χ4v) is 7.25. The zero-order chi connectivity index (χ0) is 31.3. The number of esters is 1. The molecule has 18 heteroatoms. The van der Waals surface area contributed by atoms with E-state index >= 15 is 0 Å². The molecule has 2 aliphatic rings. The summed E-state index contributed by atoms with van der Waals surface area (Å²) in [6.45, 7) is -0.741. The van der Waals surface area contributed by atoms with Crippen LogP contribution in [0.15, 0.2) is 30.6 Å². The van der Waals surface area contributed by atoms with Crippen LogP contribution in [0, 0.1) is 0 Å². The Balaban J connectivity index is 1.45. The smallest absolute Gasteiger partial charge is 0.416 e. The molecule has 5 rings (SSSR count). The van der Waals surface area contributed by atoms with Crippen LogP contribution in [0.2, 0.25) is 0 Å². The summed E-state index contributed by atoms with van der Waals surface area (Å²) in [6.07, 6.45) is -3.44. The molecule has 0 radical (unpaired) electrons. The number of anilines is 3. The number of likely N-dealkylation sites (tertiary alicyclic amines) is 1. The zero-order valence-electron chi connectivity index (χ0n) is 22.4. The number of fused-ring (bicyclic) bond motifs is 1. The second kappa shape index (κ2) is 11.4. The number of halogens is 5. The Morgan fingerprint density at radius 3 is 2.65 bits per heavy atom. The summed E-state index contributed by atoms with van der Waals surface area (Å²) in [5, 5.41) is 0.532. The molecule has 43 heavy (non-hydrogen) atoms. The van der Waals surface area contributed by atoms with Crippen LogP contribution in [0.25, 0.3) is 10.8 Å². The Hall–Kier alpha value is -3.80. The van der Waals surface area contributed by atoms with Crippen molar-refractivity contribution in [2.24, 2.45) is 0 Å². The van der Waals surface area contributed by atoms with Crippen molar-refractivity contribution in [3.05, 3.63) is 41.7 Å². The predicted octanol–water partition coefficient (Wildman–Crippen LogP) is 2.86. The van der Waals surface area contributed by atoms with Gasteiger partial charge in [-0.3, -0.25) is 4.79 Å². The molecule has 0 aliphatic carbocycles. The van der Waals surface area contributed by atoms with E-state index in [0.29, 0.717) is 5.39 Å². The summed E-state index contributed by atoms with van der Waals surface area (Å²) in [5.74, 6) is -4.86. The van der Waals surface area contributed by atoms with Crippen LogP contribution in [-0.4, -0.2) is 79.9 Å². The Labute approximate surface area is 247 Å². The van der Waals surface area contributed by atoms with Crippen molar-refractivity contribution in [1.29, 1.82) is 0 Å². The van der Waals surface area contributed by atoms with Crippen molar-refractivity contribution in [1.82, 2.24) is 14.9 Å². The number of alkyl halides is 5. The third-order valence-corrected chi connectivity index (χ3v) is 9.46. The number of ether oxygens (including phenoxy) is 1. The van der Waals surface area contributed by atoms with Crippen molar-refractivity contribution in [2.45, 2.75) is 43.4 Å². The van der Waals surface area contributed by atoms with Crippen molar-refractivity contribution in [2.75, 3.05) is 41.7 Å². The number of hydrogen-bond acceptors (Lipinski definition) is 10. The SMILES string of the molecule is COC(=O)[C@@H](Cc1cc2ccnc(N)c2cc1C(F)(F)F)N1CC[C@H](N(c2cnc(N3CCC(F)(F)C3)s2)[SH](=O)=O)C1=O. The molecule has 4 heterocycles. The second-order valence-electron chi connectivity index (χ2n) is 10.1. The van der Waals surface area contributed by atoms with E-state index in [1.165, 1.54) is 23.2 Å². The van der Waals surface area contributed by atoms with E-state index in [-0.39, 0.29) is 52.8 Å². The standard InChI is InChI=1S/C25H25F5N6O5S2/c1-41-22(38)18(9-14-8-13-2-5-32-20(31)15(13)10-16(14)25(28,29)30)35-6-3-17(21(35)37)36(43(39)40)19-11-33-23(42-19)34-7-4-24(26,27)12-34/h2,5,8,10-11,17-18,43H,3-4,6-7,9,12H2,1H3,(H2,31,32)/t17-,18+/m0/s1. The number of nitrogens with two attached hydrogens (primary N) is 1. The normalized spacial score (nSPS) is 19.4. The topological polar surface area (TPSA) is 139 Å². The minimum Gasteiger partial charge on any atom is -0.467 e. The van der Waals surface area contributed by atoms with Gasteiger partial charge in [-0.25, -0.2) is 36.3 Å². The van der Waals surface area contributed by atoms with Crippen LogP contribution in [-0.2, 0) is 37.8 Å². The van der Waals surface area contributed by atoms with E-state index < -0.39 is 65.5 Å². The van der Waals surface area contributed by atoms with Crippen LogP contribution in [0.5, 0.6) is 0 Å². The number of methoxy groups -OCH3 is 1. The van der Waals surface area contributed by atoms with Gasteiger partial charge in [0, 0.05) is 37.5 Å². The number of benzene rings is 1. The van der Waals surface area contributed by atoms with Gasteiger partial charge in [-0.1, -0.05) is 17.4 Å². The molecule has 232 valence electrons. The average Bonchev–Trinajstić information content (AvgIpc) is 3.65. The number of thiol groups is 1. The maximum absolute atomic E-state index is 14.1. The molecule has 2 aliphatic heterocycles. The van der Waals surface area contributed by atoms with E-state index in [1.54, 1.807) is 0 Å². The van der Waals surface area contributed by atoms with E-state index in [2.05, 4.69) is 9.97 Å². The van der Waals surface area contributed by atoms with Crippen LogP contribution < -0.4 is 14.9 Å². The summed E-state index contributed by atoms with van der Waals surface area (Å²) < 4.78 is 100. The van der Waals surface area contributed by atoms with Gasteiger partial charge in [-0.2, -0.15) is 13.2 Å². The lowest BCUT2D eigenvalue weighted by Gasteiger charge is -2.28. The van der Waals surface area contributed by atoms with Gasteiger partial charge in [-0.05, 0) is 29.5 Å². The first-order valence-electron chi connectivity index (χ1n) is 12.8. The predicted molar refractivity (Wildman–Crippen MR) is 147 cm³/mol. The van der Waals surface area contributed by atoms with Crippen LogP contribution in [0.3, 0.4) is 0 Å². The summed E-state index contributed by atoms with van der Waals surface area (Å²) >= 11 is 0.807. The summed E-state index contributed by atoms with van der Waals surface area (Å²) in [5.41, 5.74) is 4.39. The van der Waals surface area contributed by atoms with Gasteiger partial charge in [0.2, 0.25) is 16.8 Å². The minimum atomic E-state index is -4.84. The van der Waals surface area contributed by atoms with Crippen LogP contribution in [0.1, 0.15) is 24.0 Å². The highest BCUT2D eigenvalue weighted by Crippen LogP contribution is 2.39. The number of amides is 1. The van der Waals surface area contributed by atoms with E-state index in [0.717, 1.165) is 39.9 Å². The molecule has 1 aromatic carbocycles. The zero-order valence-corrected chi connectivity index (χ0v) is 24.1. The van der Waals surface area contributed by atoms with E-state index in [4.69, 9.17) is 10.5 Å². The summed E-state index contributed by atoms with van der Waals surface area (Å²) in [6, 6.07) is 0.638. The summed E-state index contributed by atoms with van der Waals surface area (Å²) in [4.78, 5) is 36.7. The van der Waals surface area contributed by atoms with Gasteiger partial charge in [0.25, 0.3) is 5.92 Å². The molecular weight excluding hydrogens is 623 g/mol. The van der Waals surface area contributed by atoms with Gasteiger partial charge in [0.1, 0.15) is 22.9 Å². The number of pyridine rings is 1. The van der Waals surface area contributed by atoms with Gasteiger partial charge in [0.15, 0.2) is 5.13 Å². The monoisotopic (exact) mass is 648 g/mol. The lowest BCUT2D eigenvalue weighted by atomic mass is 9.95. The van der Waals surface area contributed by atoms with Crippen LogP contribution >= 0.6 is 11.3 Å². The fourth-order valence-electron chi connectivity index (χ4n) is 5.37. The van der Waals surface area contributed by atoms with Crippen molar-refractivity contribution in [3.63, 3.8) is 0 Å². The molecule has 0 bridgehead atoms. The van der Waals surface area contributed by atoms with Crippen molar-refractivity contribution in [3.8, 4) is 0 Å². The van der Waals surface area contributed by atoms with E-state index in [1.807, 2.05) is 0 Å². The maximum atomic E-state index is 14.1. The Bertz CT molecular complexity index is 1640. The highest BCUT2D eigenvalue weighted by molar-refractivity contribution is 7.74. The number of carbonyl (C=O) groups is 2. The largest absolute Gasteiger partial charge is 0.467 e. The first kappa shape index (κ1) is 30.7. The lowest BCUT2D eigenvalue weighted by molar-refractivity contribution is -0.151. The highest BCUT2D eigenvalue weighted by atomic mass is 32.2. The molecular formula is C25H25F5N6O5S2. The number of nitrogens with zero attached hydrogens (tertiary/aromatic N) is 5. The molecule has 2 fully saturated rings. The second-order valence-corrected chi connectivity index (χ2v) is 12.0. The molecule has 2 N–H and O–H groups in total. The number of nitrogen functional groups attached to an aromatic ring is 1. The Kier molecular flexibility index (Phi) is 8.10. The molecule has 0 saturated carbocycles. The minimum absolute atomic E-state index is 0.00349. The molecule has 2 atom stereocenters. The number of carbonyl (C=O) groups excluding carboxylic acids is 2. The lowest BCUT2D eigenvalue weighted by Crippen LogP contribution is -2.48. The number of thiazole rings is 1. The Morgan fingerprint density at radius 2 is 2.02 bits per heavy atom. The van der Waals surface area contributed by atoms with Crippen molar-refractivity contribution < 1.29 is 44.7 Å². The van der Waals surface area contributed by atoms with Gasteiger partial charge >= 0.3 is 12.1 Å². The first-order valence-corrected chi connectivity index (χ1v) is 14.8. The fraction of sp³-hybridized carbons (Fsp3) is 0.440. The Morgan fingerprint density at radius 1 is 1.28 bits per heavy atom. The third kappa shape index (κ3) is 6.02. The molecule has 2 saturated heterocycles. The van der Waals surface area contributed by atoms with Crippen molar-refractivity contribution >= 4 is 60.8 Å². The maximum Gasteiger partial charge on any atom is 0.416 e. The molecule has 1 amide bonds. The molecule has 0 spiro atoms. The van der Waals surface area contributed by atoms with E-state index in [9.17, 15) is 40.0 Å². The highest BCUT2D eigenvalue weighted by Gasteiger charge is 2.45. The van der Waals surface area contributed by atoms with Crippen LogP contribution in [0.4, 0.5) is 37.9 Å². The van der Waals surface area contributed by atoms with Gasteiger partial charge in [-0.15, -0.1) is 0 Å². The molecule has 3 aromatic rings. The molecule has 11 nitrogen and oxygen atoms in total. The van der Waals surface area contributed by atoms with Gasteiger partial charge < -0.3 is 20.3 Å². The molecule has 0 unspecified atom stereocenters. The third-order valence-electron chi connectivity index (χ3n) is 7.42. The number of aromatic nitrogens is 2. The van der Waals surface area contributed by atoms with Gasteiger partial charge in [0.05, 0.1) is 25.4 Å². The first-order chi connectivity index (χ1) is 20.2. The summed E-state index contributed by atoms with van der Waals surface area (Å²) in [7, 11) is -2.42. The number of hydrogen-bond donors (Lipinski definition) is 2. The average molecular weight is 649 g/mol. The quantitative estimate of drug-likeness (QED) is 0.215.